The Morgan fingerprint density at radius 3 is 2.44 bits per heavy atom. The molecule has 4 heteroatoms. The Balaban J connectivity index is 1.72. The van der Waals surface area contributed by atoms with Gasteiger partial charge in [0.2, 0.25) is 0 Å². The lowest BCUT2D eigenvalue weighted by atomic mass is 9.88. The van der Waals surface area contributed by atoms with E-state index in [2.05, 4.69) is 46.6 Å². The molecule has 2 aromatic carbocycles. The number of nitrogens with one attached hydrogen (secondary N) is 1. The average Bonchev–Trinajstić information content (AvgIpc) is 2.68. The van der Waals surface area contributed by atoms with Crippen molar-refractivity contribution in [2.75, 3.05) is 31.6 Å². The van der Waals surface area contributed by atoms with Gasteiger partial charge in [0.15, 0.2) is 0 Å². The molecule has 3 nitrogen and oxygen atoms in total. The van der Waals surface area contributed by atoms with Crippen LogP contribution in [0.5, 0.6) is 0 Å². The number of anilines is 1. The van der Waals surface area contributed by atoms with Crippen LogP contribution < -0.4 is 5.32 Å². The van der Waals surface area contributed by atoms with Gasteiger partial charge in [0.05, 0.1) is 18.9 Å². The van der Waals surface area contributed by atoms with Gasteiger partial charge in [0.25, 0.3) is 0 Å². The maximum absolute atomic E-state index is 5.80. The minimum absolute atomic E-state index is 0.776. The van der Waals surface area contributed by atoms with Gasteiger partial charge >= 0.3 is 0 Å². The molecular weight excluding hydrogens is 328 g/mol. The van der Waals surface area contributed by atoms with Crippen LogP contribution in [0.15, 0.2) is 60.2 Å². The standard InChI is InChI=1S/C21H22N2OS/c25-21(22-17-7-2-1-3-8-17)19-11-10-16-6-4-5-9-18(16)20(19)23-12-14-24-15-13-23/h1-9H,10-15H2,(H,22,25). The summed E-state index contributed by atoms with van der Waals surface area (Å²) in [6.07, 6.45) is 2.01. The van der Waals surface area contributed by atoms with Crippen molar-refractivity contribution in [2.24, 2.45) is 0 Å². The zero-order valence-corrected chi connectivity index (χ0v) is 15.0. The molecule has 0 radical (unpaired) electrons. The maximum Gasteiger partial charge on any atom is 0.109 e. The van der Waals surface area contributed by atoms with Crippen molar-refractivity contribution in [3.05, 3.63) is 71.3 Å². The Labute approximate surface area is 154 Å². The SMILES string of the molecule is S=C(Nc1ccccc1)C1=C(N2CCOCC2)c2ccccc2CC1. The molecule has 0 spiro atoms. The summed E-state index contributed by atoms with van der Waals surface area (Å²) in [5.74, 6) is 0. The van der Waals surface area contributed by atoms with Crippen LogP contribution in [0.25, 0.3) is 5.70 Å². The second kappa shape index (κ2) is 7.38. The molecule has 0 amide bonds. The van der Waals surface area contributed by atoms with Crippen LogP contribution in [0.4, 0.5) is 5.69 Å². The zero-order valence-electron chi connectivity index (χ0n) is 14.2. The van der Waals surface area contributed by atoms with Crippen molar-refractivity contribution in [3.8, 4) is 0 Å². The van der Waals surface area contributed by atoms with Crippen molar-refractivity contribution >= 4 is 28.6 Å². The fourth-order valence-electron chi connectivity index (χ4n) is 3.61. The third-order valence-electron chi connectivity index (χ3n) is 4.84. The lowest BCUT2D eigenvalue weighted by Gasteiger charge is -2.36. The number of benzene rings is 2. The summed E-state index contributed by atoms with van der Waals surface area (Å²) in [5, 5.41) is 3.43. The van der Waals surface area contributed by atoms with Crippen LogP contribution in [-0.2, 0) is 11.2 Å². The molecule has 1 fully saturated rings. The molecule has 1 saturated heterocycles. The first-order chi connectivity index (χ1) is 12.3. The first-order valence-corrected chi connectivity index (χ1v) is 9.24. The molecule has 1 N–H and O–H groups in total. The van der Waals surface area contributed by atoms with Gasteiger partial charge in [-0.15, -0.1) is 0 Å². The Morgan fingerprint density at radius 2 is 1.64 bits per heavy atom. The lowest BCUT2D eigenvalue weighted by molar-refractivity contribution is 0.0636. The number of para-hydroxylation sites is 1. The van der Waals surface area contributed by atoms with E-state index in [0.717, 1.165) is 49.8 Å². The molecule has 1 aliphatic carbocycles. The van der Waals surface area contributed by atoms with Gasteiger partial charge in [0.1, 0.15) is 4.99 Å². The molecular formula is C21H22N2OS. The summed E-state index contributed by atoms with van der Waals surface area (Å²) in [5.41, 5.74) is 6.32. The molecule has 128 valence electrons. The fourth-order valence-corrected chi connectivity index (χ4v) is 3.92. The van der Waals surface area contributed by atoms with E-state index in [9.17, 15) is 0 Å². The van der Waals surface area contributed by atoms with Crippen LogP contribution in [0, 0.1) is 0 Å². The summed E-state index contributed by atoms with van der Waals surface area (Å²) in [7, 11) is 0. The second-order valence-electron chi connectivity index (χ2n) is 6.40. The summed E-state index contributed by atoms with van der Waals surface area (Å²) in [6.45, 7) is 3.39. The quantitative estimate of drug-likeness (QED) is 0.842. The molecule has 0 bridgehead atoms. The molecule has 0 aromatic heterocycles. The van der Waals surface area contributed by atoms with E-state index in [4.69, 9.17) is 17.0 Å². The summed E-state index contributed by atoms with van der Waals surface area (Å²) >= 11 is 5.80. The predicted molar refractivity (Wildman–Crippen MR) is 107 cm³/mol. The number of nitrogens with zero attached hydrogens (tertiary/aromatic N) is 1. The molecule has 1 heterocycles. The van der Waals surface area contributed by atoms with Gasteiger partial charge in [-0.05, 0) is 30.5 Å². The minimum atomic E-state index is 0.776. The largest absolute Gasteiger partial charge is 0.378 e. The number of fused-ring (bicyclic) bond motifs is 1. The van der Waals surface area contributed by atoms with Crippen molar-refractivity contribution in [3.63, 3.8) is 0 Å². The van der Waals surface area contributed by atoms with E-state index in [1.54, 1.807) is 0 Å². The van der Waals surface area contributed by atoms with Gasteiger partial charge in [-0.2, -0.15) is 0 Å². The van der Waals surface area contributed by atoms with Crippen molar-refractivity contribution in [2.45, 2.75) is 12.8 Å². The predicted octanol–water partition coefficient (Wildman–Crippen LogP) is 4.12. The molecule has 0 unspecified atom stereocenters. The van der Waals surface area contributed by atoms with Crippen molar-refractivity contribution in [1.29, 1.82) is 0 Å². The zero-order chi connectivity index (χ0) is 17.1. The normalized spacial score (nSPS) is 17.2. The average molecular weight is 350 g/mol. The number of ether oxygens (including phenoxy) is 1. The van der Waals surface area contributed by atoms with E-state index in [-0.39, 0.29) is 0 Å². The molecule has 2 aliphatic rings. The molecule has 25 heavy (non-hydrogen) atoms. The Morgan fingerprint density at radius 1 is 0.920 bits per heavy atom. The molecule has 2 aromatic rings. The highest BCUT2D eigenvalue weighted by Gasteiger charge is 2.26. The van der Waals surface area contributed by atoms with E-state index in [1.165, 1.54) is 22.4 Å². The van der Waals surface area contributed by atoms with Crippen LogP contribution >= 0.6 is 12.2 Å². The smallest absolute Gasteiger partial charge is 0.109 e. The highest BCUT2D eigenvalue weighted by Crippen LogP contribution is 2.35. The van der Waals surface area contributed by atoms with Crippen LogP contribution in [0.1, 0.15) is 17.5 Å². The third-order valence-corrected chi connectivity index (χ3v) is 5.18. The summed E-state index contributed by atoms with van der Waals surface area (Å²) < 4.78 is 5.56. The van der Waals surface area contributed by atoms with E-state index < -0.39 is 0 Å². The molecule has 1 aliphatic heterocycles. The Bertz CT molecular complexity index is 795. The van der Waals surface area contributed by atoms with E-state index in [0.29, 0.717) is 0 Å². The Hall–Kier alpha value is -2.17. The fraction of sp³-hybridized carbons (Fsp3) is 0.286. The van der Waals surface area contributed by atoms with Gasteiger partial charge in [-0.3, -0.25) is 0 Å². The lowest BCUT2D eigenvalue weighted by Crippen LogP contribution is -2.37. The van der Waals surface area contributed by atoms with E-state index >= 15 is 0 Å². The number of hydrogen-bond acceptors (Lipinski definition) is 3. The van der Waals surface area contributed by atoms with Gasteiger partial charge in [-0.1, -0.05) is 54.7 Å². The third kappa shape index (κ3) is 3.46. The minimum Gasteiger partial charge on any atom is -0.378 e. The number of morpholine rings is 1. The second-order valence-corrected chi connectivity index (χ2v) is 6.81. The van der Waals surface area contributed by atoms with Gasteiger partial charge in [-0.25, -0.2) is 0 Å². The van der Waals surface area contributed by atoms with Crippen LogP contribution in [0.2, 0.25) is 0 Å². The molecule has 0 atom stereocenters. The molecule has 4 rings (SSSR count). The topological polar surface area (TPSA) is 24.5 Å². The van der Waals surface area contributed by atoms with Crippen LogP contribution in [0.3, 0.4) is 0 Å². The number of thiocarbonyl (C=S) groups is 1. The highest BCUT2D eigenvalue weighted by atomic mass is 32.1. The Kier molecular flexibility index (Phi) is 4.81. The van der Waals surface area contributed by atoms with Crippen LogP contribution in [-0.4, -0.2) is 36.2 Å². The summed E-state index contributed by atoms with van der Waals surface area (Å²) in [6, 6.07) is 18.9. The molecule has 0 saturated carbocycles. The number of rotatable bonds is 3. The van der Waals surface area contributed by atoms with Gasteiger partial charge in [0, 0.05) is 29.9 Å². The first-order valence-electron chi connectivity index (χ1n) is 8.83. The number of hydrogen-bond donors (Lipinski definition) is 1. The van der Waals surface area contributed by atoms with Gasteiger partial charge < -0.3 is 15.0 Å². The maximum atomic E-state index is 5.80. The van der Waals surface area contributed by atoms with Crippen molar-refractivity contribution in [1.82, 2.24) is 4.90 Å². The highest BCUT2D eigenvalue weighted by molar-refractivity contribution is 7.81. The monoisotopic (exact) mass is 350 g/mol. The number of aryl methyl sites for hydroxylation is 1. The first kappa shape index (κ1) is 16.3. The van der Waals surface area contributed by atoms with E-state index in [1.807, 2.05) is 18.2 Å². The summed E-state index contributed by atoms with van der Waals surface area (Å²) in [4.78, 5) is 3.28. The van der Waals surface area contributed by atoms with Crippen molar-refractivity contribution < 1.29 is 4.74 Å².